The maximum atomic E-state index is 6.02. The average Bonchev–Trinajstić information content (AvgIpc) is 2.45. The van der Waals surface area contributed by atoms with E-state index in [-0.39, 0.29) is 6.04 Å². The van der Waals surface area contributed by atoms with Gasteiger partial charge in [0.15, 0.2) is 0 Å². The van der Waals surface area contributed by atoms with Crippen molar-refractivity contribution in [2.24, 2.45) is 5.73 Å². The largest absolute Gasteiger partial charge is 0.457 e. The summed E-state index contributed by atoms with van der Waals surface area (Å²) in [6, 6.07) is 13.2. The molecule has 0 fully saturated rings. The first-order chi connectivity index (χ1) is 9.60. The highest BCUT2D eigenvalue weighted by molar-refractivity contribution is 6.42. The molecule has 0 saturated carbocycles. The van der Waals surface area contributed by atoms with Gasteiger partial charge in [-0.25, -0.2) is 0 Å². The van der Waals surface area contributed by atoms with Crippen molar-refractivity contribution in [2.45, 2.75) is 25.8 Å². The zero-order valence-corrected chi connectivity index (χ0v) is 12.8. The predicted octanol–water partition coefficient (Wildman–Crippen LogP) is 5.07. The Morgan fingerprint density at radius 2 is 1.85 bits per heavy atom. The Hall–Kier alpha value is -1.22. The SMILES string of the molecule is CCC(N)Cc1ccccc1Oc1ccc(Cl)c(Cl)c1. The third-order valence-electron chi connectivity index (χ3n) is 3.10. The molecule has 0 aliphatic carbocycles. The van der Waals surface area contributed by atoms with Crippen LogP contribution >= 0.6 is 23.2 Å². The fourth-order valence-corrected chi connectivity index (χ4v) is 2.15. The number of hydrogen-bond acceptors (Lipinski definition) is 2. The zero-order chi connectivity index (χ0) is 14.5. The van der Waals surface area contributed by atoms with Crippen molar-refractivity contribution in [1.82, 2.24) is 0 Å². The van der Waals surface area contributed by atoms with Crippen LogP contribution in [0.25, 0.3) is 0 Å². The van der Waals surface area contributed by atoms with Gasteiger partial charge in [0, 0.05) is 12.1 Å². The summed E-state index contributed by atoms with van der Waals surface area (Å²) in [5, 5.41) is 0.993. The van der Waals surface area contributed by atoms with Crippen LogP contribution in [0.1, 0.15) is 18.9 Å². The molecule has 0 aliphatic heterocycles. The molecule has 20 heavy (non-hydrogen) atoms. The summed E-state index contributed by atoms with van der Waals surface area (Å²) in [5.41, 5.74) is 7.11. The summed E-state index contributed by atoms with van der Waals surface area (Å²) >= 11 is 11.9. The standard InChI is InChI=1S/C16H17Cl2NO/c1-2-12(19)9-11-5-3-4-6-16(11)20-13-7-8-14(17)15(18)10-13/h3-8,10,12H,2,9,19H2,1H3. The lowest BCUT2D eigenvalue weighted by atomic mass is 10.0. The Kier molecular flexibility index (Phi) is 5.30. The van der Waals surface area contributed by atoms with Crippen LogP contribution in [0.2, 0.25) is 10.0 Å². The highest BCUT2D eigenvalue weighted by Gasteiger charge is 2.09. The summed E-state index contributed by atoms with van der Waals surface area (Å²) in [6.07, 6.45) is 1.72. The molecule has 0 aliphatic rings. The van der Waals surface area contributed by atoms with Gasteiger partial charge in [0.25, 0.3) is 0 Å². The first-order valence-corrected chi connectivity index (χ1v) is 7.32. The summed E-state index contributed by atoms with van der Waals surface area (Å²) in [6.45, 7) is 2.08. The van der Waals surface area contributed by atoms with Gasteiger partial charge in [0.05, 0.1) is 10.0 Å². The summed E-state index contributed by atoms with van der Waals surface area (Å²) in [5.74, 6) is 1.46. The van der Waals surface area contributed by atoms with Crippen molar-refractivity contribution >= 4 is 23.2 Å². The zero-order valence-electron chi connectivity index (χ0n) is 11.3. The quantitative estimate of drug-likeness (QED) is 0.837. The molecular weight excluding hydrogens is 293 g/mol. The van der Waals surface area contributed by atoms with Crippen LogP contribution in [0.4, 0.5) is 0 Å². The van der Waals surface area contributed by atoms with E-state index in [0.29, 0.717) is 15.8 Å². The minimum Gasteiger partial charge on any atom is -0.457 e. The topological polar surface area (TPSA) is 35.2 Å². The van der Waals surface area contributed by atoms with Crippen molar-refractivity contribution in [3.63, 3.8) is 0 Å². The first kappa shape index (κ1) is 15.2. The molecule has 2 N–H and O–H groups in total. The van der Waals surface area contributed by atoms with E-state index in [9.17, 15) is 0 Å². The molecular formula is C16H17Cl2NO. The molecule has 0 amide bonds. The van der Waals surface area contributed by atoms with E-state index >= 15 is 0 Å². The number of benzene rings is 2. The van der Waals surface area contributed by atoms with Gasteiger partial charge < -0.3 is 10.5 Å². The fourth-order valence-electron chi connectivity index (χ4n) is 1.87. The number of nitrogens with two attached hydrogens (primary N) is 1. The number of para-hydroxylation sites is 1. The predicted molar refractivity (Wildman–Crippen MR) is 84.9 cm³/mol. The van der Waals surface area contributed by atoms with Crippen LogP contribution in [0, 0.1) is 0 Å². The molecule has 0 radical (unpaired) electrons. The number of rotatable bonds is 5. The Bertz CT molecular complexity index is 586. The molecule has 2 aromatic carbocycles. The lowest BCUT2D eigenvalue weighted by Crippen LogP contribution is -2.21. The van der Waals surface area contributed by atoms with E-state index in [2.05, 4.69) is 6.92 Å². The normalized spacial score (nSPS) is 12.2. The second-order valence-electron chi connectivity index (χ2n) is 4.66. The van der Waals surface area contributed by atoms with Gasteiger partial charge >= 0.3 is 0 Å². The van der Waals surface area contributed by atoms with Gasteiger partial charge in [-0.1, -0.05) is 48.3 Å². The van der Waals surface area contributed by atoms with Crippen molar-refractivity contribution in [3.8, 4) is 11.5 Å². The van der Waals surface area contributed by atoms with E-state index < -0.39 is 0 Å². The van der Waals surface area contributed by atoms with Crippen LogP contribution in [-0.4, -0.2) is 6.04 Å². The first-order valence-electron chi connectivity index (χ1n) is 6.56. The number of hydrogen-bond donors (Lipinski definition) is 1. The number of ether oxygens (including phenoxy) is 1. The molecule has 0 heterocycles. The van der Waals surface area contributed by atoms with Crippen LogP contribution in [0.15, 0.2) is 42.5 Å². The van der Waals surface area contributed by atoms with Crippen molar-refractivity contribution < 1.29 is 4.74 Å². The lowest BCUT2D eigenvalue weighted by Gasteiger charge is -2.14. The van der Waals surface area contributed by atoms with Gasteiger partial charge in [0.1, 0.15) is 11.5 Å². The van der Waals surface area contributed by atoms with Crippen LogP contribution in [0.3, 0.4) is 0 Å². The highest BCUT2D eigenvalue weighted by Crippen LogP contribution is 2.31. The summed E-state index contributed by atoms with van der Waals surface area (Å²) in [7, 11) is 0. The van der Waals surface area contributed by atoms with Crippen molar-refractivity contribution in [3.05, 3.63) is 58.1 Å². The minimum absolute atomic E-state index is 0.133. The Morgan fingerprint density at radius 1 is 1.10 bits per heavy atom. The molecule has 0 spiro atoms. The molecule has 2 rings (SSSR count). The van der Waals surface area contributed by atoms with Crippen molar-refractivity contribution in [2.75, 3.05) is 0 Å². The average molecular weight is 310 g/mol. The summed E-state index contributed by atoms with van der Waals surface area (Å²) in [4.78, 5) is 0. The molecule has 0 saturated heterocycles. The lowest BCUT2D eigenvalue weighted by molar-refractivity contribution is 0.472. The maximum absolute atomic E-state index is 6.02. The van der Waals surface area contributed by atoms with E-state index in [1.807, 2.05) is 24.3 Å². The second kappa shape index (κ2) is 6.98. The highest BCUT2D eigenvalue weighted by atomic mass is 35.5. The molecule has 0 aromatic heterocycles. The molecule has 4 heteroatoms. The smallest absolute Gasteiger partial charge is 0.130 e. The molecule has 1 unspecified atom stereocenters. The minimum atomic E-state index is 0.133. The van der Waals surface area contributed by atoms with Crippen LogP contribution in [-0.2, 0) is 6.42 Å². The van der Waals surface area contributed by atoms with E-state index in [0.717, 1.165) is 24.2 Å². The van der Waals surface area contributed by atoms with Gasteiger partial charge in [-0.2, -0.15) is 0 Å². The van der Waals surface area contributed by atoms with E-state index in [1.165, 1.54) is 0 Å². The second-order valence-corrected chi connectivity index (χ2v) is 5.47. The van der Waals surface area contributed by atoms with Crippen molar-refractivity contribution in [1.29, 1.82) is 0 Å². The monoisotopic (exact) mass is 309 g/mol. The molecule has 1 atom stereocenters. The Morgan fingerprint density at radius 3 is 2.55 bits per heavy atom. The molecule has 2 nitrogen and oxygen atoms in total. The number of halogens is 2. The summed E-state index contributed by atoms with van der Waals surface area (Å²) < 4.78 is 5.89. The third kappa shape index (κ3) is 3.89. The fraction of sp³-hybridized carbons (Fsp3) is 0.250. The molecule has 2 aromatic rings. The van der Waals surface area contributed by atoms with Gasteiger partial charge in [-0.3, -0.25) is 0 Å². The Balaban J connectivity index is 2.22. The van der Waals surface area contributed by atoms with Gasteiger partial charge in [-0.05, 0) is 36.6 Å². The molecule has 0 bridgehead atoms. The Labute approximate surface area is 129 Å². The van der Waals surface area contributed by atoms with Gasteiger partial charge in [-0.15, -0.1) is 0 Å². The third-order valence-corrected chi connectivity index (χ3v) is 3.84. The van der Waals surface area contributed by atoms with E-state index in [4.69, 9.17) is 33.7 Å². The van der Waals surface area contributed by atoms with Gasteiger partial charge in [0.2, 0.25) is 0 Å². The van der Waals surface area contributed by atoms with Crippen LogP contribution < -0.4 is 10.5 Å². The maximum Gasteiger partial charge on any atom is 0.130 e. The molecule has 106 valence electrons. The van der Waals surface area contributed by atoms with Crippen LogP contribution in [0.5, 0.6) is 11.5 Å². The van der Waals surface area contributed by atoms with E-state index in [1.54, 1.807) is 18.2 Å².